The van der Waals surface area contributed by atoms with Gasteiger partial charge >= 0.3 is 12.4 Å². The Bertz CT molecular complexity index is 1810. The molecule has 4 aromatic rings. The summed E-state index contributed by atoms with van der Waals surface area (Å²) in [5, 5.41) is 7.77. The molecule has 0 radical (unpaired) electrons. The monoisotopic (exact) mass is 632 g/mol. The highest BCUT2D eigenvalue weighted by Crippen LogP contribution is 2.35. The van der Waals surface area contributed by atoms with Gasteiger partial charge < -0.3 is 10.1 Å². The van der Waals surface area contributed by atoms with Gasteiger partial charge in [-0.05, 0) is 79.6 Å². The molecule has 0 bridgehead atoms. The average molecular weight is 633 g/mol. The van der Waals surface area contributed by atoms with Gasteiger partial charge in [0.1, 0.15) is 12.1 Å². The normalized spacial score (nSPS) is 16.2. The molecule has 1 aliphatic heterocycles. The van der Waals surface area contributed by atoms with Gasteiger partial charge in [-0.1, -0.05) is 54.2 Å². The molecule has 1 aromatic heterocycles. The van der Waals surface area contributed by atoms with E-state index in [0.29, 0.717) is 23.1 Å². The fourth-order valence-corrected chi connectivity index (χ4v) is 6.26. The molecule has 0 spiro atoms. The van der Waals surface area contributed by atoms with E-state index in [4.69, 9.17) is 0 Å². The van der Waals surface area contributed by atoms with Gasteiger partial charge in [-0.25, -0.2) is 14.5 Å². The Morgan fingerprint density at radius 1 is 0.978 bits per heavy atom. The van der Waals surface area contributed by atoms with Gasteiger partial charge in [-0.2, -0.15) is 4.99 Å². The third-order valence-electron chi connectivity index (χ3n) is 7.42. The van der Waals surface area contributed by atoms with Crippen LogP contribution >= 0.6 is 11.8 Å². The number of aromatic nitrogens is 3. The molecule has 1 aliphatic carbocycles. The van der Waals surface area contributed by atoms with E-state index >= 15 is 0 Å². The molecule has 0 unspecified atom stereocenters. The maximum atomic E-state index is 13.1. The van der Waals surface area contributed by atoms with Gasteiger partial charge in [0, 0.05) is 11.3 Å². The minimum atomic E-state index is -4.76. The van der Waals surface area contributed by atoms with Gasteiger partial charge in [0.25, 0.3) is 0 Å². The molecule has 1 saturated heterocycles. The summed E-state index contributed by atoms with van der Waals surface area (Å²) < 4.78 is 42.7. The minimum Gasteiger partial charge on any atom is -0.406 e. The van der Waals surface area contributed by atoms with E-state index in [9.17, 15) is 22.8 Å². The average Bonchev–Trinajstić information content (AvgIpc) is 3.74. The number of alkyl halides is 3. The molecule has 9 nitrogen and oxygen atoms in total. The number of para-hydroxylation sites is 1. The number of halogens is 3. The van der Waals surface area contributed by atoms with Crippen molar-refractivity contribution in [3.8, 4) is 22.8 Å². The van der Waals surface area contributed by atoms with Gasteiger partial charge in [0.15, 0.2) is 11.0 Å². The maximum Gasteiger partial charge on any atom is 0.573 e. The van der Waals surface area contributed by atoms with Crippen molar-refractivity contribution < 1.29 is 27.5 Å². The van der Waals surface area contributed by atoms with Crippen LogP contribution in [0.25, 0.3) is 22.6 Å². The number of benzene rings is 3. The van der Waals surface area contributed by atoms with Crippen LogP contribution < -0.4 is 15.0 Å². The Hall–Kier alpha value is -4.91. The zero-order valence-corrected chi connectivity index (χ0v) is 25.1. The molecule has 6 rings (SSSR count). The van der Waals surface area contributed by atoms with E-state index in [-0.39, 0.29) is 17.4 Å². The number of hydrogen-bond donors (Lipinski definition) is 1. The predicted molar refractivity (Wildman–Crippen MR) is 166 cm³/mol. The van der Waals surface area contributed by atoms with Crippen LogP contribution in [0.1, 0.15) is 36.0 Å². The molecule has 2 heterocycles. The van der Waals surface area contributed by atoms with Crippen LogP contribution in [-0.2, 0) is 4.79 Å². The predicted octanol–water partition coefficient (Wildman–Crippen LogP) is 7.19. The molecule has 0 saturated carbocycles. The molecule has 2 aliphatic rings. The molecule has 0 atom stereocenters. The number of ether oxygens (including phenoxy) is 1. The largest absolute Gasteiger partial charge is 0.573 e. The number of aliphatic imine (C=N–C) groups is 1. The van der Waals surface area contributed by atoms with Crippen molar-refractivity contribution in [2.75, 3.05) is 10.7 Å². The first-order valence-electron chi connectivity index (χ1n) is 14.1. The van der Waals surface area contributed by atoms with Crippen molar-refractivity contribution in [3.63, 3.8) is 0 Å². The van der Waals surface area contributed by atoms with Crippen LogP contribution in [0.5, 0.6) is 5.75 Å². The van der Waals surface area contributed by atoms with Crippen molar-refractivity contribution >= 4 is 40.1 Å². The second-order valence-electron chi connectivity index (χ2n) is 10.5. The molecule has 3 aromatic carbocycles. The standard InChI is InChI=1S/C32H27F3N6O3S/c1-19-5-3-6-20(2)28(19)41-27(42)17-45-31(41)38-30(43)37-26-8-4-7-25(26)21-9-11-22(12-10-21)29-36-18-40(39-29)23-13-15-24(16-14-23)44-32(33,34)35/h3,5-6,9-16,18H,4,7-8,17H2,1-2H3,(H,37,43)/b38-31-. The van der Waals surface area contributed by atoms with Gasteiger partial charge in [-0.15, -0.1) is 18.3 Å². The molecule has 1 fully saturated rings. The smallest absolute Gasteiger partial charge is 0.406 e. The summed E-state index contributed by atoms with van der Waals surface area (Å²) in [6, 6.07) is 18.2. The summed E-state index contributed by atoms with van der Waals surface area (Å²) >= 11 is 1.25. The lowest BCUT2D eigenvalue weighted by Gasteiger charge is -2.20. The molecule has 3 amide bonds. The number of carbonyl (C=O) groups is 2. The van der Waals surface area contributed by atoms with E-state index in [1.807, 2.05) is 56.3 Å². The number of amides is 3. The zero-order valence-electron chi connectivity index (χ0n) is 24.3. The third-order valence-corrected chi connectivity index (χ3v) is 8.34. The molecule has 45 heavy (non-hydrogen) atoms. The number of aryl methyl sites for hydroxylation is 2. The zero-order chi connectivity index (χ0) is 31.7. The molecule has 230 valence electrons. The summed E-state index contributed by atoms with van der Waals surface area (Å²) in [6.07, 6.45) is -0.922. The Morgan fingerprint density at radius 2 is 1.67 bits per heavy atom. The maximum absolute atomic E-state index is 13.1. The van der Waals surface area contributed by atoms with E-state index in [1.165, 1.54) is 51.9 Å². The lowest BCUT2D eigenvalue weighted by molar-refractivity contribution is -0.274. The van der Waals surface area contributed by atoms with Crippen molar-refractivity contribution in [3.05, 3.63) is 95.4 Å². The number of carbonyl (C=O) groups excluding carboxylic acids is 2. The summed E-state index contributed by atoms with van der Waals surface area (Å²) in [4.78, 5) is 36.0. The van der Waals surface area contributed by atoms with E-state index in [0.717, 1.165) is 52.1 Å². The summed E-state index contributed by atoms with van der Waals surface area (Å²) in [7, 11) is 0. The second-order valence-corrected chi connectivity index (χ2v) is 11.5. The summed E-state index contributed by atoms with van der Waals surface area (Å²) in [5.41, 5.74) is 6.64. The van der Waals surface area contributed by atoms with Crippen molar-refractivity contribution in [1.82, 2.24) is 20.1 Å². The highest BCUT2D eigenvalue weighted by Gasteiger charge is 2.33. The van der Waals surface area contributed by atoms with Crippen LogP contribution in [0.4, 0.5) is 23.7 Å². The lowest BCUT2D eigenvalue weighted by atomic mass is 10.0. The number of rotatable bonds is 6. The van der Waals surface area contributed by atoms with E-state index in [2.05, 4.69) is 25.1 Å². The van der Waals surface area contributed by atoms with Crippen LogP contribution in [0, 0.1) is 13.8 Å². The van der Waals surface area contributed by atoms with E-state index in [1.54, 1.807) is 0 Å². The Kier molecular flexibility index (Phi) is 8.19. The Labute approximate surface area is 260 Å². The lowest BCUT2D eigenvalue weighted by Crippen LogP contribution is -2.32. The SMILES string of the molecule is Cc1cccc(C)c1N1C(=O)CS/C1=N\C(=O)NC1=C(c2ccc(-c3ncn(-c4ccc(OC(F)(F)F)cc4)n3)cc2)CCC1. The molecular formula is C32H27F3N6O3S. The number of urea groups is 1. The van der Waals surface area contributed by atoms with E-state index < -0.39 is 12.4 Å². The first-order chi connectivity index (χ1) is 21.6. The Morgan fingerprint density at radius 3 is 2.36 bits per heavy atom. The topological polar surface area (TPSA) is 102 Å². The van der Waals surface area contributed by atoms with Gasteiger partial charge in [-0.3, -0.25) is 9.69 Å². The number of thioether (sulfide) groups is 1. The van der Waals surface area contributed by atoms with Crippen LogP contribution in [0.15, 0.2) is 83.7 Å². The third kappa shape index (κ3) is 6.63. The molecular weight excluding hydrogens is 605 g/mol. The fourth-order valence-electron chi connectivity index (χ4n) is 5.41. The number of nitrogens with one attached hydrogen (secondary N) is 1. The highest BCUT2D eigenvalue weighted by molar-refractivity contribution is 8.15. The first-order valence-corrected chi connectivity index (χ1v) is 15.1. The van der Waals surface area contributed by atoms with Gasteiger partial charge in [0.05, 0.1) is 17.1 Å². The summed E-state index contributed by atoms with van der Waals surface area (Å²) in [5.74, 6) is 0.228. The second kappa shape index (κ2) is 12.2. The number of allylic oxidation sites excluding steroid dienone is 2. The number of anilines is 1. The molecule has 13 heteroatoms. The van der Waals surface area contributed by atoms with Gasteiger partial charge in [0.2, 0.25) is 5.91 Å². The number of hydrogen-bond acceptors (Lipinski definition) is 6. The van der Waals surface area contributed by atoms with Crippen LogP contribution in [0.2, 0.25) is 0 Å². The Balaban J connectivity index is 1.16. The fraction of sp³-hybridized carbons (Fsp3) is 0.219. The van der Waals surface area contributed by atoms with Crippen LogP contribution in [0.3, 0.4) is 0 Å². The van der Waals surface area contributed by atoms with Crippen LogP contribution in [-0.4, -0.2) is 44.0 Å². The number of nitrogens with zero attached hydrogens (tertiary/aromatic N) is 5. The summed E-state index contributed by atoms with van der Waals surface area (Å²) in [6.45, 7) is 3.86. The van der Waals surface area contributed by atoms with Crippen molar-refractivity contribution in [1.29, 1.82) is 0 Å². The number of amidine groups is 1. The quantitative estimate of drug-likeness (QED) is 0.242. The first kappa shape index (κ1) is 30.1. The van der Waals surface area contributed by atoms with Crippen molar-refractivity contribution in [2.45, 2.75) is 39.5 Å². The minimum absolute atomic E-state index is 0.113. The van der Waals surface area contributed by atoms with Crippen molar-refractivity contribution in [2.24, 2.45) is 4.99 Å². The highest BCUT2D eigenvalue weighted by atomic mass is 32.2. The molecule has 1 N–H and O–H groups in total.